The van der Waals surface area contributed by atoms with Gasteiger partial charge < -0.3 is 10.1 Å². The average Bonchev–Trinajstić information content (AvgIpc) is 2.99. The van der Waals surface area contributed by atoms with Crippen molar-refractivity contribution in [3.8, 4) is 5.88 Å². The second-order valence-corrected chi connectivity index (χ2v) is 4.67. The van der Waals surface area contributed by atoms with E-state index in [2.05, 4.69) is 30.2 Å². The molecule has 0 saturated carbocycles. The summed E-state index contributed by atoms with van der Waals surface area (Å²) in [5.41, 5.74) is 1.64. The van der Waals surface area contributed by atoms with Crippen molar-refractivity contribution in [2.45, 2.75) is 13.5 Å². The van der Waals surface area contributed by atoms with E-state index in [1.807, 2.05) is 30.3 Å². The van der Waals surface area contributed by atoms with Crippen molar-refractivity contribution in [2.24, 2.45) is 0 Å². The highest BCUT2D eigenvalue weighted by molar-refractivity contribution is 6.02. The van der Waals surface area contributed by atoms with E-state index < -0.39 is 5.91 Å². The molecule has 0 aliphatic carbocycles. The Kier molecular flexibility index (Phi) is 4.23. The minimum atomic E-state index is -0.448. The molecule has 3 aromatic rings. The van der Waals surface area contributed by atoms with Gasteiger partial charge in [-0.3, -0.25) is 4.79 Å². The van der Waals surface area contributed by atoms with E-state index in [4.69, 9.17) is 4.74 Å². The Morgan fingerprint density at radius 3 is 2.78 bits per heavy atom. The summed E-state index contributed by atoms with van der Waals surface area (Å²) in [6, 6.07) is 11.1. The summed E-state index contributed by atoms with van der Waals surface area (Å²) in [7, 11) is 0. The van der Waals surface area contributed by atoms with E-state index in [0.29, 0.717) is 18.2 Å². The second kappa shape index (κ2) is 6.65. The molecule has 8 nitrogen and oxygen atoms in total. The van der Waals surface area contributed by atoms with E-state index in [1.165, 1.54) is 12.4 Å². The van der Waals surface area contributed by atoms with Crippen LogP contribution in [-0.2, 0) is 6.61 Å². The number of hydrogen-bond acceptors (Lipinski definition) is 7. The number of benzene rings is 1. The van der Waals surface area contributed by atoms with Gasteiger partial charge in [-0.15, -0.1) is 0 Å². The molecule has 2 heterocycles. The van der Waals surface area contributed by atoms with E-state index in [1.54, 1.807) is 6.92 Å². The minimum Gasteiger partial charge on any atom is -0.473 e. The highest BCUT2D eigenvalue weighted by Crippen LogP contribution is 2.13. The number of carbonyl (C=O) groups excluding carboxylic acids is 1. The van der Waals surface area contributed by atoms with Crippen molar-refractivity contribution in [1.82, 2.24) is 20.3 Å². The van der Waals surface area contributed by atoms with Crippen LogP contribution in [0.3, 0.4) is 0 Å². The van der Waals surface area contributed by atoms with Crippen molar-refractivity contribution in [2.75, 3.05) is 5.32 Å². The molecule has 0 fully saturated rings. The van der Waals surface area contributed by atoms with Crippen molar-refractivity contribution in [1.29, 1.82) is 0 Å². The minimum absolute atomic E-state index is 0.158. The van der Waals surface area contributed by atoms with Crippen LogP contribution in [0, 0.1) is 6.92 Å². The zero-order chi connectivity index (χ0) is 16.1. The van der Waals surface area contributed by atoms with Gasteiger partial charge >= 0.3 is 0 Å². The van der Waals surface area contributed by atoms with Crippen molar-refractivity contribution < 1.29 is 14.2 Å². The van der Waals surface area contributed by atoms with Crippen LogP contribution in [0.2, 0.25) is 0 Å². The van der Waals surface area contributed by atoms with Gasteiger partial charge in [-0.2, -0.15) is 0 Å². The molecule has 0 unspecified atom stereocenters. The van der Waals surface area contributed by atoms with Gasteiger partial charge in [0.2, 0.25) is 11.7 Å². The maximum absolute atomic E-state index is 12.1. The number of amides is 1. The van der Waals surface area contributed by atoms with Crippen LogP contribution < -0.4 is 10.1 Å². The molecule has 0 spiro atoms. The van der Waals surface area contributed by atoms with Gasteiger partial charge in [-0.25, -0.2) is 14.6 Å². The summed E-state index contributed by atoms with van der Waals surface area (Å²) in [4.78, 5) is 20.0. The molecule has 1 aromatic carbocycles. The maximum atomic E-state index is 12.1. The van der Waals surface area contributed by atoms with E-state index >= 15 is 0 Å². The number of aromatic nitrogens is 4. The van der Waals surface area contributed by atoms with Crippen LogP contribution >= 0.6 is 0 Å². The lowest BCUT2D eigenvalue weighted by molar-refractivity contribution is 0.102. The zero-order valence-electron chi connectivity index (χ0n) is 12.3. The van der Waals surface area contributed by atoms with E-state index in [-0.39, 0.29) is 11.5 Å². The van der Waals surface area contributed by atoms with Gasteiger partial charge in [-0.1, -0.05) is 35.5 Å². The average molecular weight is 311 g/mol. The maximum Gasteiger partial charge on any atom is 0.275 e. The van der Waals surface area contributed by atoms with Gasteiger partial charge in [0.25, 0.3) is 5.91 Å². The number of aryl methyl sites for hydroxylation is 1. The molecule has 8 heteroatoms. The first-order valence-corrected chi connectivity index (χ1v) is 6.81. The van der Waals surface area contributed by atoms with Crippen molar-refractivity contribution in [3.63, 3.8) is 0 Å². The van der Waals surface area contributed by atoms with E-state index in [9.17, 15) is 4.79 Å². The smallest absolute Gasteiger partial charge is 0.275 e. The largest absolute Gasteiger partial charge is 0.473 e. The summed E-state index contributed by atoms with van der Waals surface area (Å²) in [5.74, 6) is 0.111. The van der Waals surface area contributed by atoms with Crippen LogP contribution in [-0.4, -0.2) is 26.2 Å². The lowest BCUT2D eigenvalue weighted by Gasteiger charge is -2.06. The monoisotopic (exact) mass is 311 g/mol. The molecule has 0 aliphatic rings. The number of carbonyl (C=O) groups is 1. The van der Waals surface area contributed by atoms with Crippen molar-refractivity contribution >= 4 is 11.7 Å². The summed E-state index contributed by atoms with van der Waals surface area (Å²) in [6.07, 6.45) is 1.27. The molecular weight excluding hydrogens is 298 g/mol. The SMILES string of the molecule is Cc1nonc1NC(=O)c1cc(OCc2ccccc2)ncn1. The predicted octanol–water partition coefficient (Wildman–Crippen LogP) is 2.00. The Balaban J connectivity index is 1.67. The fraction of sp³-hybridized carbons (Fsp3) is 0.133. The molecule has 0 aliphatic heterocycles. The zero-order valence-corrected chi connectivity index (χ0v) is 12.3. The molecule has 0 radical (unpaired) electrons. The Morgan fingerprint density at radius 2 is 2.04 bits per heavy atom. The first kappa shape index (κ1) is 14.6. The van der Waals surface area contributed by atoms with Gasteiger partial charge in [0.05, 0.1) is 0 Å². The summed E-state index contributed by atoms with van der Waals surface area (Å²) < 4.78 is 10.1. The topological polar surface area (TPSA) is 103 Å². The molecule has 3 rings (SSSR count). The fourth-order valence-corrected chi connectivity index (χ4v) is 1.79. The standard InChI is InChI=1S/C15H13N5O3/c1-10-14(20-23-19-10)18-15(21)12-7-13(17-9-16-12)22-8-11-5-3-2-4-6-11/h2-7,9H,8H2,1H3,(H,18,20,21). The molecule has 116 valence electrons. The highest BCUT2D eigenvalue weighted by atomic mass is 16.6. The van der Waals surface area contributed by atoms with Crippen LogP contribution in [0.25, 0.3) is 0 Å². The number of nitrogens with one attached hydrogen (secondary N) is 1. The van der Waals surface area contributed by atoms with Crippen LogP contribution in [0.4, 0.5) is 5.82 Å². The molecule has 0 saturated heterocycles. The molecule has 2 aromatic heterocycles. The Bertz CT molecular complexity index is 804. The molecular formula is C15H13N5O3. The molecule has 1 N–H and O–H groups in total. The fourth-order valence-electron chi connectivity index (χ4n) is 1.79. The lowest BCUT2D eigenvalue weighted by atomic mass is 10.2. The normalized spacial score (nSPS) is 10.3. The number of ether oxygens (including phenoxy) is 1. The van der Waals surface area contributed by atoms with Gasteiger partial charge in [-0.05, 0) is 17.6 Å². The molecule has 0 bridgehead atoms. The van der Waals surface area contributed by atoms with Crippen LogP contribution in [0.1, 0.15) is 21.7 Å². The summed E-state index contributed by atoms with van der Waals surface area (Å²) in [6.45, 7) is 2.02. The van der Waals surface area contributed by atoms with Crippen molar-refractivity contribution in [3.05, 3.63) is 59.7 Å². The Labute approximate surface area is 131 Å². The lowest BCUT2D eigenvalue weighted by Crippen LogP contribution is -2.15. The number of nitrogens with zero attached hydrogens (tertiary/aromatic N) is 4. The first-order valence-electron chi connectivity index (χ1n) is 6.81. The summed E-state index contributed by atoms with van der Waals surface area (Å²) >= 11 is 0. The Hall–Kier alpha value is -3.29. The molecule has 1 amide bonds. The van der Waals surface area contributed by atoms with Gasteiger partial charge in [0.15, 0.2) is 0 Å². The second-order valence-electron chi connectivity index (χ2n) is 4.67. The van der Waals surface area contributed by atoms with Gasteiger partial charge in [0, 0.05) is 6.07 Å². The third kappa shape index (κ3) is 3.67. The van der Waals surface area contributed by atoms with Crippen LogP contribution in [0.15, 0.2) is 47.4 Å². The van der Waals surface area contributed by atoms with E-state index in [0.717, 1.165) is 5.56 Å². The highest BCUT2D eigenvalue weighted by Gasteiger charge is 2.14. The summed E-state index contributed by atoms with van der Waals surface area (Å²) in [5, 5.41) is 9.73. The quantitative estimate of drug-likeness (QED) is 0.768. The Morgan fingerprint density at radius 1 is 1.22 bits per heavy atom. The van der Waals surface area contributed by atoms with Crippen LogP contribution in [0.5, 0.6) is 5.88 Å². The number of rotatable bonds is 5. The molecule has 23 heavy (non-hydrogen) atoms. The number of anilines is 1. The van der Waals surface area contributed by atoms with Gasteiger partial charge in [0.1, 0.15) is 24.3 Å². The third-order valence-corrected chi connectivity index (χ3v) is 2.99. The number of hydrogen-bond donors (Lipinski definition) is 1. The molecule has 0 atom stereocenters. The third-order valence-electron chi connectivity index (χ3n) is 2.99. The first-order chi connectivity index (χ1) is 11.2. The predicted molar refractivity (Wildman–Crippen MR) is 79.8 cm³/mol.